The first-order valence-corrected chi connectivity index (χ1v) is 8.73. The van der Waals surface area contributed by atoms with E-state index >= 15 is 0 Å². The zero-order valence-electron chi connectivity index (χ0n) is 14.2. The lowest BCUT2D eigenvalue weighted by molar-refractivity contribution is -0.355. The predicted molar refractivity (Wildman–Crippen MR) is 77.5 cm³/mol. The third-order valence-electron chi connectivity index (χ3n) is 2.99. The molecule has 24 heavy (non-hydrogen) atoms. The van der Waals surface area contributed by atoms with Crippen molar-refractivity contribution in [1.29, 1.82) is 0 Å². The Kier molecular flexibility index (Phi) is 13.0. The van der Waals surface area contributed by atoms with E-state index in [1.54, 1.807) is 21.3 Å². The molecule has 0 saturated carbocycles. The highest BCUT2D eigenvalue weighted by Crippen LogP contribution is 2.48. The molecule has 0 saturated heterocycles. The Balaban J connectivity index is 0. The van der Waals surface area contributed by atoms with Crippen LogP contribution >= 0.6 is 0 Å². The van der Waals surface area contributed by atoms with Crippen LogP contribution in [-0.4, -0.2) is 48.9 Å². The molecule has 3 nitrogen and oxygen atoms in total. The maximum atomic E-state index is 12.7. The van der Waals surface area contributed by atoms with Crippen molar-refractivity contribution in [2.75, 3.05) is 21.3 Å². The van der Waals surface area contributed by atoms with Crippen LogP contribution in [0.25, 0.3) is 0 Å². The number of rotatable bonds is 10. The van der Waals surface area contributed by atoms with Crippen molar-refractivity contribution in [3.05, 3.63) is 0 Å². The maximum Gasteiger partial charge on any atom is 0.483 e. The van der Waals surface area contributed by atoms with Crippen LogP contribution in [0.5, 0.6) is 0 Å². The van der Waals surface area contributed by atoms with Gasteiger partial charge >= 0.3 is 27.5 Å². The third kappa shape index (κ3) is 9.18. The molecule has 0 aliphatic rings. The Morgan fingerprint density at radius 1 is 0.708 bits per heavy atom. The van der Waals surface area contributed by atoms with Gasteiger partial charge in [-0.05, 0) is 6.42 Å². The normalized spacial score (nSPS) is 13.0. The summed E-state index contributed by atoms with van der Waals surface area (Å²) in [6.45, 7) is 1.87. The largest absolute Gasteiger partial charge is 0.483 e. The summed E-state index contributed by atoms with van der Waals surface area (Å²) in [7, 11) is 3.05. The summed E-state index contributed by atoms with van der Waals surface area (Å²) >= 11 is 0. The van der Waals surface area contributed by atoms with Crippen molar-refractivity contribution < 1.29 is 44.0 Å². The molecule has 0 rings (SSSR count). The Labute approximate surface area is 139 Å². The first kappa shape index (κ1) is 25.8. The summed E-state index contributed by atoms with van der Waals surface area (Å²) in [4.78, 5) is 0. The summed E-state index contributed by atoms with van der Waals surface area (Å²) in [6.07, 6.45) is -5.61. The van der Waals surface area contributed by atoms with E-state index in [-0.39, 0.29) is 12.8 Å². The lowest BCUT2D eigenvalue weighted by atomic mass is 10.0. The SMILES string of the molecule is CCCCCCCC(F)(F)C(F)(F)C(F)(F)F.CO[SiH](OC)OC. The van der Waals surface area contributed by atoms with Gasteiger partial charge in [-0.2, -0.15) is 30.7 Å². The molecule has 0 bridgehead atoms. The lowest BCUT2D eigenvalue weighted by Crippen LogP contribution is -2.51. The first-order chi connectivity index (χ1) is 10.9. The quantitative estimate of drug-likeness (QED) is 0.304. The van der Waals surface area contributed by atoms with Crippen LogP contribution in [0.4, 0.5) is 30.7 Å². The Morgan fingerprint density at radius 3 is 1.42 bits per heavy atom. The van der Waals surface area contributed by atoms with Crippen LogP contribution in [0.15, 0.2) is 0 Å². The molecule has 148 valence electrons. The molecule has 0 aromatic rings. The summed E-state index contributed by atoms with van der Waals surface area (Å²) in [6, 6.07) is 0. The summed E-state index contributed by atoms with van der Waals surface area (Å²) < 4.78 is 99.7. The first-order valence-electron chi connectivity index (χ1n) is 7.32. The second kappa shape index (κ2) is 12.0. The van der Waals surface area contributed by atoms with Gasteiger partial charge in [0.1, 0.15) is 0 Å². The Bertz CT molecular complexity index is 305. The highest BCUT2D eigenvalue weighted by atomic mass is 28.3. The highest BCUT2D eigenvalue weighted by molar-refractivity contribution is 6.36. The smallest absolute Gasteiger partial charge is 0.379 e. The van der Waals surface area contributed by atoms with Crippen molar-refractivity contribution in [3.63, 3.8) is 0 Å². The molecule has 0 fully saturated rings. The predicted octanol–water partition coefficient (Wildman–Crippen LogP) is 4.82. The zero-order chi connectivity index (χ0) is 19.4. The monoisotopic (exact) mass is 390 g/mol. The molecule has 0 atom stereocenters. The minimum absolute atomic E-state index is 0.233. The molecule has 0 amide bonds. The molecule has 0 heterocycles. The maximum absolute atomic E-state index is 12.7. The highest BCUT2D eigenvalue weighted by Gasteiger charge is 2.72. The van der Waals surface area contributed by atoms with E-state index in [0.29, 0.717) is 6.42 Å². The average molecular weight is 390 g/mol. The Morgan fingerprint density at radius 2 is 1.12 bits per heavy atom. The second-order valence-electron chi connectivity index (χ2n) is 4.94. The van der Waals surface area contributed by atoms with E-state index in [0.717, 1.165) is 12.8 Å². The van der Waals surface area contributed by atoms with E-state index < -0.39 is 34.0 Å². The van der Waals surface area contributed by atoms with Crippen molar-refractivity contribution in [2.24, 2.45) is 0 Å². The summed E-state index contributed by atoms with van der Waals surface area (Å²) in [5, 5.41) is 0. The van der Waals surface area contributed by atoms with Crippen molar-refractivity contribution in [1.82, 2.24) is 0 Å². The molecule has 0 spiro atoms. The van der Waals surface area contributed by atoms with Gasteiger partial charge in [-0.1, -0.05) is 32.6 Å². The van der Waals surface area contributed by atoms with Gasteiger partial charge in [-0.15, -0.1) is 0 Å². The van der Waals surface area contributed by atoms with Gasteiger partial charge in [-0.25, -0.2) is 0 Å². The molecule has 0 aromatic carbocycles. The number of unbranched alkanes of at least 4 members (excludes halogenated alkanes) is 4. The minimum Gasteiger partial charge on any atom is -0.379 e. The van der Waals surface area contributed by atoms with Gasteiger partial charge in [0.2, 0.25) is 0 Å². The van der Waals surface area contributed by atoms with Gasteiger partial charge in [0.05, 0.1) is 0 Å². The van der Waals surface area contributed by atoms with E-state index in [2.05, 4.69) is 0 Å². The fraction of sp³-hybridized carbons (Fsp3) is 1.00. The molecule has 11 heteroatoms. The number of alkyl halides is 7. The lowest BCUT2D eigenvalue weighted by Gasteiger charge is -2.28. The minimum atomic E-state index is -6.21. The summed E-state index contributed by atoms with van der Waals surface area (Å²) in [5.74, 6) is -11.0. The Hall–Kier alpha value is -0.393. The number of halogens is 7. The fourth-order valence-electron chi connectivity index (χ4n) is 1.60. The zero-order valence-corrected chi connectivity index (χ0v) is 15.3. The standard InChI is InChI=1S/C10H15F7.C3H10O3Si/c1-2-3-4-5-6-7-8(11,12)9(13,14)10(15,16)17;1-4-7(5-2)6-3/h2-7H2,1H3;7H,1-3H3. The molecule has 0 N–H and O–H groups in total. The van der Waals surface area contributed by atoms with Crippen molar-refractivity contribution in [2.45, 2.75) is 63.5 Å². The van der Waals surface area contributed by atoms with Gasteiger partial charge in [0.15, 0.2) is 0 Å². The number of hydrogen-bond acceptors (Lipinski definition) is 3. The van der Waals surface area contributed by atoms with Crippen molar-refractivity contribution >= 4 is 9.53 Å². The average Bonchev–Trinajstić information content (AvgIpc) is 2.48. The van der Waals surface area contributed by atoms with Gasteiger partial charge in [0.25, 0.3) is 0 Å². The van der Waals surface area contributed by atoms with Gasteiger partial charge in [0, 0.05) is 27.8 Å². The molecule has 0 unspecified atom stereocenters. The number of hydrogen-bond donors (Lipinski definition) is 0. The molecule has 0 aliphatic heterocycles. The second-order valence-corrected chi connectivity index (χ2v) is 6.93. The summed E-state index contributed by atoms with van der Waals surface area (Å²) in [5.41, 5.74) is 0. The van der Waals surface area contributed by atoms with Gasteiger partial charge < -0.3 is 13.3 Å². The van der Waals surface area contributed by atoms with E-state index in [9.17, 15) is 30.7 Å². The van der Waals surface area contributed by atoms with Crippen LogP contribution in [0.2, 0.25) is 0 Å². The van der Waals surface area contributed by atoms with Crippen LogP contribution in [0.1, 0.15) is 45.4 Å². The molecule has 0 radical (unpaired) electrons. The molecule has 0 aromatic heterocycles. The van der Waals surface area contributed by atoms with E-state index in [4.69, 9.17) is 13.3 Å². The van der Waals surface area contributed by atoms with E-state index in [1.165, 1.54) is 0 Å². The van der Waals surface area contributed by atoms with Gasteiger partial charge in [-0.3, -0.25) is 0 Å². The van der Waals surface area contributed by atoms with E-state index in [1.807, 2.05) is 6.92 Å². The topological polar surface area (TPSA) is 27.7 Å². The van der Waals surface area contributed by atoms with Crippen LogP contribution in [0.3, 0.4) is 0 Å². The molecular weight excluding hydrogens is 365 g/mol. The van der Waals surface area contributed by atoms with Crippen molar-refractivity contribution in [3.8, 4) is 0 Å². The van der Waals surface area contributed by atoms with Crippen LogP contribution in [0, 0.1) is 0 Å². The fourth-order valence-corrected chi connectivity index (χ4v) is 2.18. The van der Waals surface area contributed by atoms with Crippen LogP contribution in [-0.2, 0) is 13.3 Å². The molecular formula is C13H25F7O3Si. The van der Waals surface area contributed by atoms with Crippen LogP contribution < -0.4 is 0 Å². The molecule has 0 aliphatic carbocycles. The third-order valence-corrected chi connectivity index (χ3v) is 4.14.